The third-order valence-corrected chi connectivity index (χ3v) is 6.98. The Kier molecular flexibility index (Phi) is 4.17. The molecule has 0 bridgehead atoms. The van der Waals surface area contributed by atoms with Gasteiger partial charge in [0.05, 0.1) is 12.7 Å². The van der Waals surface area contributed by atoms with E-state index in [1.165, 1.54) is 46.9 Å². The molecule has 5 rings (SSSR count). The summed E-state index contributed by atoms with van der Waals surface area (Å²) in [6.45, 7) is 4.01. The number of rotatable bonds is 5. The lowest BCUT2D eigenvalue weighted by Gasteiger charge is -2.63. The van der Waals surface area contributed by atoms with E-state index in [1.54, 1.807) is 19.2 Å². The van der Waals surface area contributed by atoms with E-state index in [2.05, 4.69) is 28.9 Å². The number of nitrogens with zero attached hydrogens (tertiary/aromatic N) is 1. The maximum Gasteiger partial charge on any atom is 0.335 e. The number of nitrogens with one attached hydrogen (secondary N) is 1. The fourth-order valence-electron chi connectivity index (χ4n) is 5.42. The van der Waals surface area contributed by atoms with Crippen LogP contribution in [0.1, 0.15) is 52.4 Å². The summed E-state index contributed by atoms with van der Waals surface area (Å²) < 4.78 is 5.74. The van der Waals surface area contributed by atoms with Gasteiger partial charge in [-0.2, -0.15) is 0 Å². The summed E-state index contributed by atoms with van der Waals surface area (Å²) in [5, 5.41) is 10.4. The van der Waals surface area contributed by atoms with Gasteiger partial charge in [0, 0.05) is 47.2 Å². The zero-order chi connectivity index (χ0) is 20.2. The summed E-state index contributed by atoms with van der Waals surface area (Å²) in [4.78, 5) is 17.1. The van der Waals surface area contributed by atoms with Crippen LogP contribution in [0.2, 0.25) is 0 Å². The Hall–Kier alpha value is -2.79. The number of methoxy groups -OCH3 is 1. The number of carboxylic acids is 1. The molecule has 1 spiro atoms. The van der Waals surface area contributed by atoms with Crippen molar-refractivity contribution in [2.75, 3.05) is 13.7 Å². The number of carboxylic acid groups (broad SMARTS) is 1. The number of hydrogen-bond donors (Lipinski definition) is 2. The molecule has 29 heavy (non-hydrogen) atoms. The number of benzene rings is 2. The second-order valence-electron chi connectivity index (χ2n) is 8.59. The van der Waals surface area contributed by atoms with E-state index in [4.69, 9.17) is 4.74 Å². The van der Waals surface area contributed by atoms with E-state index in [0.717, 1.165) is 18.8 Å². The lowest BCUT2D eigenvalue weighted by molar-refractivity contribution is -0.134. The van der Waals surface area contributed by atoms with Crippen LogP contribution in [0.3, 0.4) is 0 Å². The van der Waals surface area contributed by atoms with Crippen LogP contribution < -0.4 is 4.74 Å². The molecule has 0 amide bonds. The molecule has 2 N–H and O–H groups in total. The Balaban J connectivity index is 1.50. The molecule has 1 saturated heterocycles. The van der Waals surface area contributed by atoms with Gasteiger partial charge in [-0.05, 0) is 55.2 Å². The zero-order valence-corrected chi connectivity index (χ0v) is 16.9. The van der Waals surface area contributed by atoms with Crippen molar-refractivity contribution < 1.29 is 14.6 Å². The van der Waals surface area contributed by atoms with Gasteiger partial charge < -0.3 is 14.8 Å². The number of aromatic amines is 1. The Morgan fingerprint density at radius 1 is 1.28 bits per heavy atom. The van der Waals surface area contributed by atoms with Crippen molar-refractivity contribution in [1.82, 2.24) is 9.88 Å². The minimum Gasteiger partial charge on any atom is -0.496 e. The lowest BCUT2D eigenvalue weighted by Crippen LogP contribution is -2.61. The van der Waals surface area contributed by atoms with Crippen LogP contribution >= 0.6 is 0 Å². The topological polar surface area (TPSA) is 65.6 Å². The van der Waals surface area contributed by atoms with E-state index in [1.807, 2.05) is 18.3 Å². The molecule has 2 heterocycles. The zero-order valence-electron chi connectivity index (χ0n) is 16.9. The Bertz CT molecular complexity index is 1080. The first kappa shape index (κ1) is 18.3. The van der Waals surface area contributed by atoms with Gasteiger partial charge >= 0.3 is 5.97 Å². The number of carbonyl (C=O) groups is 1. The molecule has 2 aliphatic rings. The molecule has 0 unspecified atom stereocenters. The minimum atomic E-state index is -0.875. The van der Waals surface area contributed by atoms with Crippen LogP contribution in [0.4, 0.5) is 0 Å². The third-order valence-electron chi connectivity index (χ3n) is 6.98. The number of likely N-dealkylation sites (tertiary alicyclic amines) is 1. The molecule has 150 valence electrons. The van der Waals surface area contributed by atoms with Gasteiger partial charge in [-0.1, -0.05) is 18.6 Å². The van der Waals surface area contributed by atoms with Crippen LogP contribution in [0.15, 0.2) is 42.6 Å². The Labute approximate surface area is 170 Å². The first-order valence-corrected chi connectivity index (χ1v) is 10.2. The van der Waals surface area contributed by atoms with Crippen molar-refractivity contribution in [3.63, 3.8) is 0 Å². The van der Waals surface area contributed by atoms with E-state index >= 15 is 0 Å². The number of hydrogen-bond acceptors (Lipinski definition) is 3. The molecular formula is C24H26N2O3. The van der Waals surface area contributed by atoms with Gasteiger partial charge in [0.15, 0.2) is 0 Å². The largest absolute Gasteiger partial charge is 0.496 e. The second-order valence-corrected chi connectivity index (χ2v) is 8.59. The summed E-state index contributed by atoms with van der Waals surface area (Å²) >= 11 is 0. The van der Waals surface area contributed by atoms with Crippen LogP contribution in [0, 0.1) is 12.3 Å². The highest BCUT2D eigenvalue weighted by Crippen LogP contribution is 2.61. The normalized spacial score (nSPS) is 20.4. The number of aryl methyl sites for hydroxylation is 1. The van der Waals surface area contributed by atoms with Crippen molar-refractivity contribution in [3.05, 3.63) is 64.8 Å². The second kappa shape index (κ2) is 6.63. The summed E-state index contributed by atoms with van der Waals surface area (Å²) in [5.74, 6) is 0.0590. The van der Waals surface area contributed by atoms with E-state index in [9.17, 15) is 9.90 Å². The molecular weight excluding hydrogens is 364 g/mol. The predicted octanol–water partition coefficient (Wildman–Crippen LogP) is 4.91. The summed E-state index contributed by atoms with van der Waals surface area (Å²) in [6.07, 6.45) is 5.78. The molecule has 3 aromatic rings. The van der Waals surface area contributed by atoms with Crippen molar-refractivity contribution >= 4 is 16.9 Å². The standard InChI is InChI=1S/C24H26N2O3/c1-15-12-20(29-2)19(18-8-11-25-21(15)18)13-26-14-24(9-3-10-24)22(26)16-4-6-17(7-5-16)23(27)28/h4-8,11-12,22,25H,3,9-10,13-14H2,1-2H3,(H,27,28)/t22-/m0/s1. The fraction of sp³-hybridized carbons (Fsp3) is 0.375. The predicted molar refractivity (Wildman–Crippen MR) is 112 cm³/mol. The molecule has 1 aromatic heterocycles. The van der Waals surface area contributed by atoms with Crippen molar-refractivity contribution in [2.45, 2.75) is 38.8 Å². The van der Waals surface area contributed by atoms with Crippen molar-refractivity contribution in [2.24, 2.45) is 5.41 Å². The fourth-order valence-corrected chi connectivity index (χ4v) is 5.42. The molecule has 1 aliphatic carbocycles. The summed E-state index contributed by atoms with van der Waals surface area (Å²) in [6, 6.07) is 12.0. The highest BCUT2D eigenvalue weighted by Gasteiger charge is 2.56. The van der Waals surface area contributed by atoms with E-state index < -0.39 is 5.97 Å². The molecule has 1 atom stereocenters. The number of fused-ring (bicyclic) bond motifs is 1. The molecule has 1 saturated carbocycles. The molecule has 2 aromatic carbocycles. The van der Waals surface area contributed by atoms with Crippen molar-refractivity contribution in [3.8, 4) is 5.75 Å². The van der Waals surface area contributed by atoms with Gasteiger partial charge in [0.2, 0.25) is 0 Å². The average Bonchev–Trinajstić information content (AvgIpc) is 3.15. The third kappa shape index (κ3) is 2.76. The first-order valence-electron chi connectivity index (χ1n) is 10.2. The van der Waals surface area contributed by atoms with Gasteiger partial charge in [0.1, 0.15) is 5.75 Å². The number of aromatic carboxylic acids is 1. The summed E-state index contributed by atoms with van der Waals surface area (Å²) in [7, 11) is 1.74. The molecule has 1 aliphatic heterocycles. The molecule has 0 radical (unpaired) electrons. The number of ether oxygens (including phenoxy) is 1. The Morgan fingerprint density at radius 3 is 2.66 bits per heavy atom. The SMILES string of the molecule is COc1cc(C)c2[nH]ccc2c1CN1CC2(CCC2)[C@@H]1c1ccc(C(=O)O)cc1. The summed E-state index contributed by atoms with van der Waals surface area (Å²) in [5.41, 5.74) is 5.48. The monoisotopic (exact) mass is 390 g/mol. The molecule has 5 nitrogen and oxygen atoms in total. The quantitative estimate of drug-likeness (QED) is 0.650. The van der Waals surface area contributed by atoms with E-state index in [0.29, 0.717) is 17.0 Å². The maximum absolute atomic E-state index is 11.2. The van der Waals surface area contributed by atoms with Crippen LogP contribution in [0.25, 0.3) is 10.9 Å². The maximum atomic E-state index is 11.2. The number of aromatic nitrogens is 1. The van der Waals surface area contributed by atoms with Gasteiger partial charge in [-0.25, -0.2) is 4.79 Å². The smallest absolute Gasteiger partial charge is 0.335 e. The minimum absolute atomic E-state index is 0.332. The number of H-pyrrole nitrogens is 1. The van der Waals surface area contributed by atoms with Gasteiger partial charge in [-0.15, -0.1) is 0 Å². The lowest BCUT2D eigenvalue weighted by atomic mass is 9.56. The highest BCUT2D eigenvalue weighted by atomic mass is 16.5. The highest BCUT2D eigenvalue weighted by molar-refractivity contribution is 5.88. The van der Waals surface area contributed by atoms with Gasteiger partial charge in [-0.3, -0.25) is 4.90 Å². The van der Waals surface area contributed by atoms with Crippen LogP contribution in [-0.4, -0.2) is 34.6 Å². The van der Waals surface area contributed by atoms with Gasteiger partial charge in [0.25, 0.3) is 0 Å². The average molecular weight is 390 g/mol. The van der Waals surface area contributed by atoms with Crippen LogP contribution in [0.5, 0.6) is 5.75 Å². The van der Waals surface area contributed by atoms with Crippen molar-refractivity contribution in [1.29, 1.82) is 0 Å². The first-order chi connectivity index (χ1) is 14.0. The molecule has 2 fully saturated rings. The van der Waals surface area contributed by atoms with Crippen LogP contribution in [-0.2, 0) is 6.54 Å². The van der Waals surface area contributed by atoms with E-state index in [-0.39, 0.29) is 0 Å². The molecule has 5 heteroatoms. The Morgan fingerprint density at radius 2 is 2.03 bits per heavy atom.